The highest BCUT2D eigenvalue weighted by molar-refractivity contribution is 5.51. The maximum Gasteiger partial charge on any atom is 0.234 e. The Balaban J connectivity index is 1.78. The van der Waals surface area contributed by atoms with Crippen molar-refractivity contribution in [2.75, 3.05) is 30.8 Å². The average Bonchev–Trinajstić information content (AvgIpc) is 2.46. The molecule has 2 rings (SSSR count). The number of nitrogens with two attached hydrogens (primary N) is 1. The second-order valence-corrected chi connectivity index (χ2v) is 3.99. The van der Waals surface area contributed by atoms with Crippen LogP contribution in [0.2, 0.25) is 0 Å². The number of nitrogens with zero attached hydrogens (tertiary/aromatic N) is 2. The molecule has 0 fully saturated rings. The molecule has 1 heterocycles. The fourth-order valence-electron chi connectivity index (χ4n) is 1.60. The molecular formula is C14H18N4O2. The van der Waals surface area contributed by atoms with Crippen LogP contribution in [-0.4, -0.2) is 29.7 Å². The minimum atomic E-state index is 0.481. The molecule has 0 radical (unpaired) electrons. The van der Waals surface area contributed by atoms with Gasteiger partial charge in [0.05, 0.1) is 31.2 Å². The van der Waals surface area contributed by atoms with Crippen molar-refractivity contribution in [1.29, 1.82) is 0 Å². The van der Waals surface area contributed by atoms with E-state index in [0.29, 0.717) is 42.9 Å². The molecule has 6 nitrogen and oxygen atoms in total. The van der Waals surface area contributed by atoms with E-state index in [0.717, 1.165) is 0 Å². The van der Waals surface area contributed by atoms with Crippen molar-refractivity contribution >= 4 is 11.5 Å². The van der Waals surface area contributed by atoms with Gasteiger partial charge in [0.25, 0.3) is 0 Å². The van der Waals surface area contributed by atoms with E-state index in [1.165, 1.54) is 0 Å². The van der Waals surface area contributed by atoms with Gasteiger partial charge in [-0.3, -0.25) is 4.98 Å². The minimum Gasteiger partial charge on any atom is -0.490 e. The van der Waals surface area contributed by atoms with E-state index in [-0.39, 0.29) is 0 Å². The van der Waals surface area contributed by atoms with Gasteiger partial charge in [0.2, 0.25) is 5.88 Å². The summed E-state index contributed by atoms with van der Waals surface area (Å²) in [4.78, 5) is 8.29. The third-order valence-electron chi connectivity index (χ3n) is 2.49. The van der Waals surface area contributed by atoms with Crippen LogP contribution in [0.25, 0.3) is 0 Å². The zero-order valence-corrected chi connectivity index (χ0v) is 11.4. The Morgan fingerprint density at radius 1 is 1.20 bits per heavy atom. The molecule has 20 heavy (non-hydrogen) atoms. The third kappa shape index (κ3) is 4.01. The molecular weight excluding hydrogens is 256 g/mol. The lowest BCUT2D eigenvalue weighted by atomic mass is 10.3. The van der Waals surface area contributed by atoms with Crippen molar-refractivity contribution in [1.82, 2.24) is 9.97 Å². The van der Waals surface area contributed by atoms with E-state index in [2.05, 4.69) is 15.3 Å². The number of aromatic nitrogens is 2. The molecule has 1 aromatic carbocycles. The summed E-state index contributed by atoms with van der Waals surface area (Å²) in [5.74, 6) is 1.84. The zero-order chi connectivity index (χ0) is 14.2. The maximum absolute atomic E-state index is 5.78. The average molecular weight is 274 g/mol. The molecule has 0 saturated heterocycles. The molecule has 6 heteroatoms. The second-order valence-electron chi connectivity index (χ2n) is 3.99. The lowest BCUT2D eigenvalue weighted by Crippen LogP contribution is -2.13. The predicted octanol–water partition coefficient (Wildman–Crippen LogP) is 1.95. The van der Waals surface area contributed by atoms with Gasteiger partial charge in [0, 0.05) is 0 Å². The van der Waals surface area contributed by atoms with E-state index in [4.69, 9.17) is 15.2 Å². The minimum absolute atomic E-state index is 0.481. The largest absolute Gasteiger partial charge is 0.490 e. The van der Waals surface area contributed by atoms with Crippen LogP contribution in [0.1, 0.15) is 6.92 Å². The van der Waals surface area contributed by atoms with E-state index in [1.54, 1.807) is 18.5 Å². The summed E-state index contributed by atoms with van der Waals surface area (Å²) in [5.41, 5.74) is 6.41. The molecule has 0 atom stereocenters. The SMILES string of the molecule is CCOc1cncc(NCCOc2ccccc2N)n1. The Morgan fingerprint density at radius 3 is 2.85 bits per heavy atom. The van der Waals surface area contributed by atoms with Crippen LogP contribution >= 0.6 is 0 Å². The molecule has 106 valence electrons. The molecule has 3 N–H and O–H groups in total. The van der Waals surface area contributed by atoms with Gasteiger partial charge in [-0.1, -0.05) is 12.1 Å². The number of benzene rings is 1. The Morgan fingerprint density at radius 2 is 2.05 bits per heavy atom. The summed E-state index contributed by atoms with van der Waals surface area (Å²) in [6.07, 6.45) is 3.22. The van der Waals surface area contributed by atoms with Gasteiger partial charge >= 0.3 is 0 Å². The lowest BCUT2D eigenvalue weighted by molar-refractivity contribution is 0.324. The first-order valence-electron chi connectivity index (χ1n) is 6.45. The summed E-state index contributed by atoms with van der Waals surface area (Å²) in [6.45, 7) is 3.54. The highest BCUT2D eigenvalue weighted by Crippen LogP contribution is 2.19. The van der Waals surface area contributed by atoms with Crippen molar-refractivity contribution in [2.24, 2.45) is 0 Å². The topological polar surface area (TPSA) is 82.3 Å². The third-order valence-corrected chi connectivity index (χ3v) is 2.49. The number of anilines is 2. The quantitative estimate of drug-likeness (QED) is 0.593. The monoisotopic (exact) mass is 274 g/mol. The molecule has 0 bridgehead atoms. The van der Waals surface area contributed by atoms with Crippen LogP contribution in [-0.2, 0) is 0 Å². The van der Waals surface area contributed by atoms with Gasteiger partial charge in [0.1, 0.15) is 18.2 Å². The van der Waals surface area contributed by atoms with Crippen molar-refractivity contribution in [3.8, 4) is 11.6 Å². The number of para-hydroxylation sites is 2. The molecule has 2 aromatic rings. The Labute approximate surface area is 118 Å². The molecule has 1 aromatic heterocycles. The van der Waals surface area contributed by atoms with Gasteiger partial charge in [0.15, 0.2) is 0 Å². The fourth-order valence-corrected chi connectivity index (χ4v) is 1.60. The maximum atomic E-state index is 5.78. The summed E-state index contributed by atoms with van der Waals surface area (Å²) in [5, 5.41) is 3.11. The van der Waals surface area contributed by atoms with Gasteiger partial charge in [-0.25, -0.2) is 0 Å². The summed E-state index contributed by atoms with van der Waals surface area (Å²) < 4.78 is 10.8. The molecule has 0 aliphatic heterocycles. The van der Waals surface area contributed by atoms with Gasteiger partial charge in [-0.05, 0) is 19.1 Å². The van der Waals surface area contributed by atoms with E-state index in [1.807, 2.05) is 25.1 Å². The van der Waals surface area contributed by atoms with Crippen LogP contribution in [0.3, 0.4) is 0 Å². The van der Waals surface area contributed by atoms with E-state index in [9.17, 15) is 0 Å². The number of nitrogen functional groups attached to an aromatic ring is 1. The Kier molecular flexibility index (Phi) is 5.00. The van der Waals surface area contributed by atoms with Crippen molar-refractivity contribution in [2.45, 2.75) is 6.92 Å². The lowest BCUT2D eigenvalue weighted by Gasteiger charge is -2.10. The van der Waals surface area contributed by atoms with Gasteiger partial charge < -0.3 is 20.5 Å². The summed E-state index contributed by atoms with van der Waals surface area (Å²) in [7, 11) is 0. The zero-order valence-electron chi connectivity index (χ0n) is 11.4. The first-order valence-corrected chi connectivity index (χ1v) is 6.45. The second kappa shape index (κ2) is 7.18. The van der Waals surface area contributed by atoms with Crippen LogP contribution in [0, 0.1) is 0 Å². The van der Waals surface area contributed by atoms with Crippen LogP contribution in [0.4, 0.5) is 11.5 Å². The first kappa shape index (κ1) is 13.9. The van der Waals surface area contributed by atoms with E-state index >= 15 is 0 Å². The summed E-state index contributed by atoms with van der Waals surface area (Å²) in [6, 6.07) is 7.40. The highest BCUT2D eigenvalue weighted by atomic mass is 16.5. The van der Waals surface area contributed by atoms with Crippen LogP contribution in [0.15, 0.2) is 36.7 Å². The molecule has 0 aliphatic rings. The molecule has 0 spiro atoms. The number of hydrogen-bond donors (Lipinski definition) is 2. The molecule has 0 saturated carbocycles. The molecule has 0 unspecified atom stereocenters. The van der Waals surface area contributed by atoms with Gasteiger partial charge in [-0.15, -0.1) is 0 Å². The first-order chi connectivity index (χ1) is 9.79. The van der Waals surface area contributed by atoms with Crippen LogP contribution in [0.5, 0.6) is 11.6 Å². The standard InChI is InChI=1S/C14H18N4O2/c1-2-19-14-10-16-9-13(18-14)17-7-8-20-12-6-4-3-5-11(12)15/h3-6,9-10H,2,7-8,15H2,1H3,(H,17,18). The molecule has 0 aliphatic carbocycles. The summed E-state index contributed by atoms with van der Waals surface area (Å²) >= 11 is 0. The predicted molar refractivity (Wildman–Crippen MR) is 78.0 cm³/mol. The van der Waals surface area contributed by atoms with Crippen LogP contribution < -0.4 is 20.5 Å². The van der Waals surface area contributed by atoms with Crippen molar-refractivity contribution in [3.63, 3.8) is 0 Å². The highest BCUT2D eigenvalue weighted by Gasteiger charge is 2.00. The fraction of sp³-hybridized carbons (Fsp3) is 0.286. The number of nitrogens with one attached hydrogen (secondary N) is 1. The number of ether oxygens (including phenoxy) is 2. The Hall–Kier alpha value is -2.50. The molecule has 0 amide bonds. The number of rotatable bonds is 7. The van der Waals surface area contributed by atoms with Crippen molar-refractivity contribution < 1.29 is 9.47 Å². The van der Waals surface area contributed by atoms with Gasteiger partial charge in [-0.2, -0.15) is 4.98 Å². The number of hydrogen-bond acceptors (Lipinski definition) is 6. The normalized spacial score (nSPS) is 10.1. The smallest absolute Gasteiger partial charge is 0.234 e. The van der Waals surface area contributed by atoms with Crippen molar-refractivity contribution in [3.05, 3.63) is 36.7 Å². The Bertz CT molecular complexity index is 548. The van der Waals surface area contributed by atoms with E-state index < -0.39 is 0 Å².